The summed E-state index contributed by atoms with van der Waals surface area (Å²) in [7, 11) is 0. The van der Waals surface area contributed by atoms with Crippen LogP contribution < -0.4 is 5.32 Å². The highest BCUT2D eigenvalue weighted by molar-refractivity contribution is 9.10. The standard InChI is InChI=1S/C12H17BrFNS/c1-12(2,16-3)8-15-7-9-4-5-10(13)11(14)6-9/h4-6,15H,7-8H2,1-3H3. The molecule has 0 bridgehead atoms. The van der Waals surface area contributed by atoms with E-state index in [-0.39, 0.29) is 10.6 Å². The summed E-state index contributed by atoms with van der Waals surface area (Å²) in [6, 6.07) is 5.22. The predicted octanol–water partition coefficient (Wildman–Crippen LogP) is 3.82. The number of hydrogen-bond donors (Lipinski definition) is 1. The van der Waals surface area contributed by atoms with Gasteiger partial charge in [0.2, 0.25) is 0 Å². The van der Waals surface area contributed by atoms with Gasteiger partial charge >= 0.3 is 0 Å². The van der Waals surface area contributed by atoms with Gasteiger partial charge in [-0.15, -0.1) is 0 Å². The van der Waals surface area contributed by atoms with Crippen molar-refractivity contribution in [1.82, 2.24) is 5.32 Å². The van der Waals surface area contributed by atoms with Gasteiger partial charge in [0.25, 0.3) is 0 Å². The molecule has 90 valence electrons. The van der Waals surface area contributed by atoms with E-state index in [2.05, 4.69) is 41.3 Å². The molecule has 4 heteroatoms. The molecule has 1 N–H and O–H groups in total. The number of halogens is 2. The molecule has 0 fully saturated rings. The van der Waals surface area contributed by atoms with Gasteiger partial charge < -0.3 is 5.32 Å². The largest absolute Gasteiger partial charge is 0.311 e. The molecule has 1 aromatic carbocycles. The van der Waals surface area contributed by atoms with E-state index in [4.69, 9.17) is 0 Å². The lowest BCUT2D eigenvalue weighted by molar-refractivity contribution is 0.584. The second-order valence-corrected chi connectivity index (χ2v) is 6.68. The summed E-state index contributed by atoms with van der Waals surface area (Å²) in [5.41, 5.74) is 0.970. The van der Waals surface area contributed by atoms with Crippen LogP contribution in [-0.4, -0.2) is 17.5 Å². The average Bonchev–Trinajstić information content (AvgIpc) is 2.23. The van der Waals surface area contributed by atoms with E-state index in [1.165, 1.54) is 0 Å². The molecule has 16 heavy (non-hydrogen) atoms. The highest BCUT2D eigenvalue weighted by Gasteiger charge is 2.14. The first-order valence-corrected chi connectivity index (χ1v) is 7.16. The average molecular weight is 306 g/mol. The van der Waals surface area contributed by atoms with Crippen molar-refractivity contribution in [2.75, 3.05) is 12.8 Å². The first-order chi connectivity index (χ1) is 7.44. The van der Waals surface area contributed by atoms with Crippen LogP contribution in [0.2, 0.25) is 0 Å². The molecule has 1 nitrogen and oxygen atoms in total. The summed E-state index contributed by atoms with van der Waals surface area (Å²) in [5.74, 6) is -0.205. The lowest BCUT2D eigenvalue weighted by Gasteiger charge is -2.22. The van der Waals surface area contributed by atoms with Gasteiger partial charge in [0.05, 0.1) is 4.47 Å². The Kier molecular flexibility index (Phi) is 5.28. The fourth-order valence-corrected chi connectivity index (χ4v) is 1.72. The summed E-state index contributed by atoms with van der Waals surface area (Å²) in [6.45, 7) is 5.99. The molecule has 0 aromatic heterocycles. The second kappa shape index (κ2) is 6.03. The maximum atomic E-state index is 13.2. The minimum absolute atomic E-state index is 0.205. The highest BCUT2D eigenvalue weighted by atomic mass is 79.9. The van der Waals surface area contributed by atoms with Gasteiger partial charge in [0, 0.05) is 17.8 Å². The summed E-state index contributed by atoms with van der Waals surface area (Å²) in [6.07, 6.45) is 2.10. The van der Waals surface area contributed by atoms with Crippen molar-refractivity contribution < 1.29 is 4.39 Å². The van der Waals surface area contributed by atoms with Gasteiger partial charge in [-0.1, -0.05) is 6.07 Å². The van der Waals surface area contributed by atoms with E-state index in [0.29, 0.717) is 11.0 Å². The van der Waals surface area contributed by atoms with Gasteiger partial charge in [-0.2, -0.15) is 11.8 Å². The van der Waals surface area contributed by atoms with E-state index in [1.807, 2.05) is 17.8 Å². The third-order valence-corrected chi connectivity index (χ3v) is 4.31. The molecule has 1 aromatic rings. The SMILES string of the molecule is CSC(C)(C)CNCc1ccc(Br)c(F)c1. The number of rotatable bonds is 5. The van der Waals surface area contributed by atoms with Crippen molar-refractivity contribution in [3.63, 3.8) is 0 Å². The Morgan fingerprint density at radius 3 is 2.69 bits per heavy atom. The molecule has 0 spiro atoms. The minimum atomic E-state index is -0.205. The zero-order chi connectivity index (χ0) is 12.2. The Morgan fingerprint density at radius 2 is 2.12 bits per heavy atom. The lowest BCUT2D eigenvalue weighted by atomic mass is 10.2. The molecule has 0 unspecified atom stereocenters. The Hall–Kier alpha value is -0.0600. The normalized spacial score (nSPS) is 11.8. The molecule has 0 heterocycles. The second-order valence-electron chi connectivity index (χ2n) is 4.32. The van der Waals surface area contributed by atoms with Crippen LogP contribution in [-0.2, 0) is 6.54 Å². The van der Waals surface area contributed by atoms with Crippen molar-refractivity contribution in [2.24, 2.45) is 0 Å². The summed E-state index contributed by atoms with van der Waals surface area (Å²) >= 11 is 4.97. The first kappa shape index (κ1) is 14.0. The van der Waals surface area contributed by atoms with Gasteiger partial charge in [-0.05, 0) is 53.7 Å². The molecule has 0 radical (unpaired) electrons. The summed E-state index contributed by atoms with van der Waals surface area (Å²) in [5, 5.41) is 3.34. The minimum Gasteiger partial charge on any atom is -0.311 e. The third kappa shape index (κ3) is 4.44. The molecular weight excluding hydrogens is 289 g/mol. The topological polar surface area (TPSA) is 12.0 Å². The van der Waals surface area contributed by atoms with Gasteiger partial charge in [0.1, 0.15) is 5.82 Å². The van der Waals surface area contributed by atoms with Crippen LogP contribution in [0.25, 0.3) is 0 Å². The van der Waals surface area contributed by atoms with Gasteiger partial charge in [-0.25, -0.2) is 4.39 Å². The van der Waals surface area contributed by atoms with Crippen LogP contribution in [0, 0.1) is 5.82 Å². The lowest BCUT2D eigenvalue weighted by Crippen LogP contribution is -2.31. The zero-order valence-corrected chi connectivity index (χ0v) is 12.2. The maximum absolute atomic E-state index is 13.2. The van der Waals surface area contributed by atoms with Crippen molar-refractivity contribution in [3.8, 4) is 0 Å². The monoisotopic (exact) mass is 305 g/mol. The molecule has 0 aliphatic heterocycles. The van der Waals surface area contributed by atoms with Crippen molar-refractivity contribution >= 4 is 27.7 Å². The van der Waals surface area contributed by atoms with Gasteiger partial charge in [-0.3, -0.25) is 0 Å². The van der Waals surface area contributed by atoms with Crippen LogP contribution in [0.4, 0.5) is 4.39 Å². The quantitative estimate of drug-likeness (QED) is 0.887. The predicted molar refractivity (Wildman–Crippen MR) is 73.4 cm³/mol. The molecule has 0 aliphatic rings. The van der Waals surface area contributed by atoms with Crippen LogP contribution in [0.15, 0.2) is 22.7 Å². The van der Waals surface area contributed by atoms with Crippen LogP contribution >= 0.6 is 27.7 Å². The van der Waals surface area contributed by atoms with Crippen molar-refractivity contribution in [3.05, 3.63) is 34.1 Å². The molecule has 0 saturated heterocycles. The Balaban J connectivity index is 2.46. The fourth-order valence-electron chi connectivity index (χ4n) is 1.23. The third-order valence-electron chi connectivity index (χ3n) is 2.42. The Bertz CT molecular complexity index is 355. The Morgan fingerprint density at radius 1 is 1.44 bits per heavy atom. The zero-order valence-electron chi connectivity index (χ0n) is 9.81. The van der Waals surface area contributed by atoms with Crippen LogP contribution in [0.3, 0.4) is 0 Å². The summed E-state index contributed by atoms with van der Waals surface area (Å²) < 4.78 is 14.0. The van der Waals surface area contributed by atoms with E-state index < -0.39 is 0 Å². The van der Waals surface area contributed by atoms with Crippen molar-refractivity contribution in [2.45, 2.75) is 25.1 Å². The molecule has 0 aliphatic carbocycles. The number of benzene rings is 1. The van der Waals surface area contributed by atoms with Crippen LogP contribution in [0.1, 0.15) is 19.4 Å². The highest BCUT2D eigenvalue weighted by Crippen LogP contribution is 2.20. The van der Waals surface area contributed by atoms with Crippen molar-refractivity contribution in [1.29, 1.82) is 0 Å². The fraction of sp³-hybridized carbons (Fsp3) is 0.500. The van der Waals surface area contributed by atoms with E-state index in [9.17, 15) is 4.39 Å². The van der Waals surface area contributed by atoms with E-state index >= 15 is 0 Å². The van der Waals surface area contributed by atoms with Gasteiger partial charge in [0.15, 0.2) is 0 Å². The molecule has 0 saturated carbocycles. The number of hydrogen-bond acceptors (Lipinski definition) is 2. The maximum Gasteiger partial charge on any atom is 0.137 e. The van der Waals surface area contributed by atoms with Crippen LogP contribution in [0.5, 0.6) is 0 Å². The summed E-state index contributed by atoms with van der Waals surface area (Å²) in [4.78, 5) is 0. The van der Waals surface area contributed by atoms with E-state index in [0.717, 1.165) is 12.1 Å². The number of nitrogens with one attached hydrogen (secondary N) is 1. The Labute approximate surface area is 109 Å². The molecule has 0 atom stereocenters. The van der Waals surface area contributed by atoms with E-state index in [1.54, 1.807) is 12.1 Å². The smallest absolute Gasteiger partial charge is 0.137 e. The molecule has 0 amide bonds. The molecule has 1 rings (SSSR count). The molecular formula is C12H17BrFNS. The number of thioether (sulfide) groups is 1. The first-order valence-electron chi connectivity index (χ1n) is 5.14.